The highest BCUT2D eigenvalue weighted by atomic mass is 35.5. The number of morpholine rings is 1. The van der Waals surface area contributed by atoms with Gasteiger partial charge in [0, 0.05) is 40.9 Å². The van der Waals surface area contributed by atoms with Gasteiger partial charge in [0.15, 0.2) is 10.8 Å². The lowest BCUT2D eigenvalue weighted by molar-refractivity contribution is -0.149. The molecule has 2 aromatic rings. The molecule has 0 spiro atoms. The van der Waals surface area contributed by atoms with E-state index in [9.17, 15) is 14.7 Å². The van der Waals surface area contributed by atoms with Crippen molar-refractivity contribution in [2.24, 2.45) is 4.99 Å². The molecule has 174 valence electrons. The van der Waals surface area contributed by atoms with Crippen molar-refractivity contribution in [2.75, 3.05) is 32.9 Å². The van der Waals surface area contributed by atoms with Crippen LogP contribution in [0.15, 0.2) is 52.1 Å². The summed E-state index contributed by atoms with van der Waals surface area (Å²) in [5, 5.41) is 15.8. The van der Waals surface area contributed by atoms with Crippen LogP contribution in [0.4, 0.5) is 0 Å². The molecule has 0 bridgehead atoms. The standard InChI is InChI=1S/C22H23ClN4O5S/c1-2-32-22(30)17-15(11-27-8-9-31-12-16(27)21(28)29)25-19(20-24-7-10-33-20)26-18(17)13-5-3-4-6-14(13)23/h3-7,10,16,18H,2,8-9,11-12H2,1H3,(H,25,26)(H,28,29)/t16-,18-/m0/s1. The smallest absolute Gasteiger partial charge is 0.338 e. The fourth-order valence-electron chi connectivity index (χ4n) is 3.80. The topological polar surface area (TPSA) is 113 Å². The first kappa shape index (κ1) is 23.4. The molecule has 2 atom stereocenters. The summed E-state index contributed by atoms with van der Waals surface area (Å²) in [7, 11) is 0. The Bertz CT molecular complexity index is 1090. The van der Waals surface area contributed by atoms with Gasteiger partial charge in [0.1, 0.15) is 12.1 Å². The van der Waals surface area contributed by atoms with Gasteiger partial charge in [0.25, 0.3) is 0 Å². The largest absolute Gasteiger partial charge is 0.480 e. The molecule has 3 heterocycles. The van der Waals surface area contributed by atoms with Crippen LogP contribution in [0, 0.1) is 0 Å². The van der Waals surface area contributed by atoms with Gasteiger partial charge >= 0.3 is 11.9 Å². The first-order chi connectivity index (χ1) is 16.0. The number of thiazole rings is 1. The number of nitrogens with one attached hydrogen (secondary N) is 1. The Labute approximate surface area is 199 Å². The third-order valence-electron chi connectivity index (χ3n) is 5.34. The maximum absolute atomic E-state index is 13.1. The number of ether oxygens (including phenoxy) is 2. The predicted octanol–water partition coefficient (Wildman–Crippen LogP) is 2.49. The molecule has 0 unspecified atom stereocenters. The average molecular weight is 491 g/mol. The number of benzene rings is 1. The SMILES string of the molecule is CCOC(=O)C1=C(CN2CCOC[C@H]2C(=O)O)NC(c2nccs2)=N[C@H]1c1ccccc1Cl. The number of rotatable bonds is 7. The highest BCUT2D eigenvalue weighted by molar-refractivity contribution is 7.11. The Kier molecular flexibility index (Phi) is 7.39. The summed E-state index contributed by atoms with van der Waals surface area (Å²) in [4.78, 5) is 35.9. The number of carbonyl (C=O) groups excluding carboxylic acids is 1. The molecule has 2 aliphatic heterocycles. The monoisotopic (exact) mass is 490 g/mol. The minimum atomic E-state index is -0.986. The number of hydrogen-bond donors (Lipinski definition) is 2. The van der Waals surface area contributed by atoms with Crippen LogP contribution in [-0.2, 0) is 19.1 Å². The Balaban J connectivity index is 1.82. The summed E-state index contributed by atoms with van der Waals surface area (Å²) in [5.74, 6) is -1.04. The van der Waals surface area contributed by atoms with Crippen molar-refractivity contribution in [3.63, 3.8) is 0 Å². The quantitative estimate of drug-likeness (QED) is 0.569. The zero-order valence-corrected chi connectivity index (χ0v) is 19.4. The average Bonchev–Trinajstić information content (AvgIpc) is 3.34. The van der Waals surface area contributed by atoms with E-state index in [-0.39, 0.29) is 19.8 Å². The van der Waals surface area contributed by atoms with Crippen LogP contribution in [0.25, 0.3) is 0 Å². The number of halogens is 1. The number of carbonyl (C=O) groups is 2. The van der Waals surface area contributed by atoms with Crippen LogP contribution in [0.5, 0.6) is 0 Å². The lowest BCUT2D eigenvalue weighted by Gasteiger charge is -2.35. The highest BCUT2D eigenvalue weighted by Gasteiger charge is 2.37. The summed E-state index contributed by atoms with van der Waals surface area (Å²) in [6.07, 6.45) is 1.67. The molecule has 1 saturated heterocycles. The van der Waals surface area contributed by atoms with Gasteiger partial charge in [-0.3, -0.25) is 14.7 Å². The van der Waals surface area contributed by atoms with E-state index in [2.05, 4.69) is 10.3 Å². The van der Waals surface area contributed by atoms with Gasteiger partial charge in [-0.25, -0.2) is 9.78 Å². The van der Waals surface area contributed by atoms with Crippen molar-refractivity contribution in [2.45, 2.75) is 19.0 Å². The van der Waals surface area contributed by atoms with Crippen molar-refractivity contribution in [1.82, 2.24) is 15.2 Å². The molecule has 1 aromatic heterocycles. The number of aliphatic imine (C=N–C) groups is 1. The zero-order valence-electron chi connectivity index (χ0n) is 17.9. The Morgan fingerprint density at radius 3 is 2.91 bits per heavy atom. The third kappa shape index (κ3) is 5.09. The number of aromatic nitrogens is 1. The number of carboxylic acid groups (broad SMARTS) is 1. The van der Waals surface area contributed by atoms with Gasteiger partial charge in [0.05, 0.1) is 25.4 Å². The molecule has 0 radical (unpaired) electrons. The summed E-state index contributed by atoms with van der Waals surface area (Å²) in [6.45, 7) is 2.94. The van der Waals surface area contributed by atoms with Crippen molar-refractivity contribution >= 4 is 40.7 Å². The molecule has 2 N–H and O–H groups in total. The number of amidine groups is 1. The molecule has 4 rings (SSSR count). The number of aliphatic carboxylic acids is 1. The minimum Gasteiger partial charge on any atom is -0.480 e. The fourth-order valence-corrected chi connectivity index (χ4v) is 4.63. The molecular weight excluding hydrogens is 468 g/mol. The Morgan fingerprint density at radius 1 is 1.39 bits per heavy atom. The van der Waals surface area contributed by atoms with Crippen LogP contribution >= 0.6 is 22.9 Å². The number of esters is 1. The van der Waals surface area contributed by atoms with Gasteiger partial charge in [-0.05, 0) is 13.0 Å². The van der Waals surface area contributed by atoms with Gasteiger partial charge in [-0.2, -0.15) is 0 Å². The molecule has 0 aliphatic carbocycles. The van der Waals surface area contributed by atoms with E-state index in [4.69, 9.17) is 26.1 Å². The molecule has 0 amide bonds. The van der Waals surface area contributed by atoms with E-state index in [0.717, 1.165) is 0 Å². The number of hydrogen-bond acceptors (Lipinski definition) is 9. The minimum absolute atomic E-state index is 0.0682. The maximum Gasteiger partial charge on any atom is 0.338 e. The van der Waals surface area contributed by atoms with Crippen molar-refractivity contribution in [1.29, 1.82) is 0 Å². The van der Waals surface area contributed by atoms with Gasteiger partial charge in [-0.1, -0.05) is 29.8 Å². The lowest BCUT2D eigenvalue weighted by Crippen LogP contribution is -2.52. The molecule has 33 heavy (non-hydrogen) atoms. The third-order valence-corrected chi connectivity index (χ3v) is 6.47. The van der Waals surface area contributed by atoms with E-state index in [0.29, 0.717) is 45.9 Å². The highest BCUT2D eigenvalue weighted by Crippen LogP contribution is 2.36. The summed E-state index contributed by atoms with van der Waals surface area (Å²) in [6, 6.07) is 5.61. The van der Waals surface area contributed by atoms with Crippen molar-refractivity contribution in [3.8, 4) is 0 Å². The van der Waals surface area contributed by atoms with Crippen LogP contribution in [0.2, 0.25) is 5.02 Å². The van der Waals surface area contributed by atoms with E-state index in [1.54, 1.807) is 30.2 Å². The number of carboxylic acids is 1. The molecule has 0 saturated carbocycles. The first-order valence-corrected chi connectivity index (χ1v) is 11.7. The van der Waals surface area contributed by atoms with Gasteiger partial charge in [-0.15, -0.1) is 11.3 Å². The molecule has 9 nitrogen and oxygen atoms in total. The van der Waals surface area contributed by atoms with Crippen LogP contribution in [0.1, 0.15) is 23.5 Å². The molecule has 1 aromatic carbocycles. The van der Waals surface area contributed by atoms with Gasteiger partial charge in [0.2, 0.25) is 0 Å². The van der Waals surface area contributed by atoms with E-state index < -0.39 is 24.0 Å². The van der Waals surface area contributed by atoms with E-state index in [1.807, 2.05) is 17.5 Å². The van der Waals surface area contributed by atoms with Crippen molar-refractivity contribution < 1.29 is 24.2 Å². The second-order valence-corrected chi connectivity index (χ2v) is 8.68. The predicted molar refractivity (Wildman–Crippen MR) is 123 cm³/mol. The second-order valence-electron chi connectivity index (χ2n) is 7.38. The normalized spacial score (nSPS) is 21.3. The second kappa shape index (κ2) is 10.4. The molecular formula is C22H23ClN4O5S. The van der Waals surface area contributed by atoms with E-state index >= 15 is 0 Å². The number of nitrogens with zero attached hydrogens (tertiary/aromatic N) is 3. The molecule has 1 fully saturated rings. The molecule has 2 aliphatic rings. The van der Waals surface area contributed by atoms with Crippen molar-refractivity contribution in [3.05, 3.63) is 62.7 Å². The van der Waals surface area contributed by atoms with Crippen LogP contribution in [0.3, 0.4) is 0 Å². The fraction of sp³-hybridized carbons (Fsp3) is 0.364. The Morgan fingerprint density at radius 2 is 2.21 bits per heavy atom. The van der Waals surface area contributed by atoms with Gasteiger partial charge < -0.3 is 19.9 Å². The lowest BCUT2D eigenvalue weighted by atomic mass is 9.95. The summed E-state index contributed by atoms with van der Waals surface area (Å²) in [5.41, 5.74) is 1.44. The summed E-state index contributed by atoms with van der Waals surface area (Å²) >= 11 is 7.90. The van der Waals surface area contributed by atoms with Crippen LogP contribution in [-0.4, -0.2) is 71.7 Å². The molecule has 11 heteroatoms. The maximum atomic E-state index is 13.1. The Hall–Kier alpha value is -2.79. The zero-order chi connectivity index (χ0) is 23.4. The van der Waals surface area contributed by atoms with E-state index in [1.165, 1.54) is 11.3 Å². The first-order valence-electron chi connectivity index (χ1n) is 10.4. The van der Waals surface area contributed by atoms with Crippen LogP contribution < -0.4 is 5.32 Å². The summed E-state index contributed by atoms with van der Waals surface area (Å²) < 4.78 is 10.7.